The number of anilines is 1. The molecule has 0 radical (unpaired) electrons. The van der Waals surface area contributed by atoms with Crippen LogP contribution in [0.4, 0.5) is 5.69 Å². The van der Waals surface area contributed by atoms with Crippen LogP contribution < -0.4 is 4.90 Å². The van der Waals surface area contributed by atoms with E-state index in [2.05, 4.69) is 12.1 Å². The number of para-hydroxylation sites is 1. The summed E-state index contributed by atoms with van der Waals surface area (Å²) in [7, 11) is 0. The van der Waals surface area contributed by atoms with Crippen LogP contribution in [-0.2, 0) is 0 Å². The van der Waals surface area contributed by atoms with E-state index in [-0.39, 0.29) is 12.4 Å². The molecule has 3 aromatic carbocycles. The molecule has 0 atom stereocenters. The van der Waals surface area contributed by atoms with Crippen molar-refractivity contribution in [2.45, 2.75) is 6.42 Å². The standard InChI is InChI=1S/C23H23NO2/c25-18-17-24(22-9-5-2-6-10-22)16-15-23(26)21-13-11-20(12-14-21)19-7-3-1-4-8-19/h1-14,25H,15-18H2. The Hall–Kier alpha value is -2.91. The van der Waals surface area contributed by atoms with Crippen LogP contribution in [0.25, 0.3) is 11.1 Å². The van der Waals surface area contributed by atoms with Crippen LogP contribution in [0.3, 0.4) is 0 Å². The summed E-state index contributed by atoms with van der Waals surface area (Å²) in [6.07, 6.45) is 0.416. The minimum absolute atomic E-state index is 0.0643. The molecule has 0 aromatic heterocycles. The molecule has 0 saturated heterocycles. The van der Waals surface area contributed by atoms with E-state index in [1.807, 2.05) is 77.7 Å². The Morgan fingerprint density at radius 1 is 0.731 bits per heavy atom. The van der Waals surface area contributed by atoms with Crippen LogP contribution in [0, 0.1) is 0 Å². The molecule has 0 aliphatic heterocycles. The van der Waals surface area contributed by atoms with Crippen molar-refractivity contribution in [2.24, 2.45) is 0 Å². The van der Waals surface area contributed by atoms with E-state index in [1.54, 1.807) is 0 Å². The number of aliphatic hydroxyl groups is 1. The smallest absolute Gasteiger partial charge is 0.164 e. The van der Waals surface area contributed by atoms with Crippen molar-refractivity contribution in [1.29, 1.82) is 0 Å². The first kappa shape index (κ1) is 17.9. The lowest BCUT2D eigenvalue weighted by Gasteiger charge is -2.23. The molecule has 3 nitrogen and oxygen atoms in total. The van der Waals surface area contributed by atoms with E-state index in [1.165, 1.54) is 0 Å². The quantitative estimate of drug-likeness (QED) is 0.614. The number of nitrogens with zero attached hydrogens (tertiary/aromatic N) is 1. The number of benzene rings is 3. The molecule has 3 heteroatoms. The highest BCUT2D eigenvalue weighted by Crippen LogP contribution is 2.20. The van der Waals surface area contributed by atoms with Crippen molar-refractivity contribution in [3.8, 4) is 11.1 Å². The molecule has 0 amide bonds. The molecule has 0 spiro atoms. The number of ketones is 1. The van der Waals surface area contributed by atoms with Gasteiger partial charge in [-0.25, -0.2) is 0 Å². The topological polar surface area (TPSA) is 40.5 Å². The molecule has 0 fully saturated rings. The maximum atomic E-state index is 12.5. The summed E-state index contributed by atoms with van der Waals surface area (Å²) in [5, 5.41) is 9.29. The molecule has 1 N–H and O–H groups in total. The van der Waals surface area contributed by atoms with Crippen molar-refractivity contribution in [3.63, 3.8) is 0 Å². The summed E-state index contributed by atoms with van der Waals surface area (Å²) >= 11 is 0. The molecule has 0 saturated carbocycles. The third-order valence-corrected chi connectivity index (χ3v) is 4.41. The van der Waals surface area contributed by atoms with Gasteiger partial charge < -0.3 is 10.0 Å². The summed E-state index contributed by atoms with van der Waals surface area (Å²) in [5.41, 5.74) is 3.99. The minimum Gasteiger partial charge on any atom is -0.395 e. The normalized spacial score (nSPS) is 10.5. The summed E-state index contributed by atoms with van der Waals surface area (Å²) in [5.74, 6) is 0.114. The van der Waals surface area contributed by atoms with Gasteiger partial charge in [0.1, 0.15) is 0 Å². The maximum absolute atomic E-state index is 12.5. The number of Topliss-reactive ketones (excluding diaryl/α,β-unsaturated/α-hetero) is 1. The predicted molar refractivity (Wildman–Crippen MR) is 107 cm³/mol. The van der Waals surface area contributed by atoms with Gasteiger partial charge in [0.15, 0.2) is 5.78 Å². The van der Waals surface area contributed by atoms with Crippen molar-refractivity contribution >= 4 is 11.5 Å². The molecular weight excluding hydrogens is 322 g/mol. The van der Waals surface area contributed by atoms with Gasteiger partial charge in [-0.3, -0.25) is 4.79 Å². The van der Waals surface area contributed by atoms with Crippen molar-refractivity contribution in [1.82, 2.24) is 0 Å². The SMILES string of the molecule is O=C(CCN(CCO)c1ccccc1)c1ccc(-c2ccccc2)cc1. The van der Waals surface area contributed by atoms with E-state index in [0.717, 1.165) is 22.4 Å². The van der Waals surface area contributed by atoms with Gasteiger partial charge in [-0.1, -0.05) is 72.8 Å². The Morgan fingerprint density at radius 2 is 1.31 bits per heavy atom. The first-order valence-corrected chi connectivity index (χ1v) is 8.87. The summed E-state index contributed by atoms with van der Waals surface area (Å²) < 4.78 is 0. The number of hydrogen-bond donors (Lipinski definition) is 1. The predicted octanol–water partition coefficient (Wildman–Crippen LogP) is 4.43. The number of rotatable bonds is 8. The zero-order chi connectivity index (χ0) is 18.2. The van der Waals surface area contributed by atoms with Crippen molar-refractivity contribution < 1.29 is 9.90 Å². The van der Waals surface area contributed by atoms with E-state index in [4.69, 9.17) is 0 Å². The lowest BCUT2D eigenvalue weighted by Crippen LogP contribution is -2.29. The van der Waals surface area contributed by atoms with E-state index >= 15 is 0 Å². The van der Waals surface area contributed by atoms with Gasteiger partial charge in [0.2, 0.25) is 0 Å². The van der Waals surface area contributed by atoms with Crippen LogP contribution in [0.1, 0.15) is 16.8 Å². The fourth-order valence-electron chi connectivity index (χ4n) is 2.99. The average molecular weight is 345 g/mol. The second-order valence-electron chi connectivity index (χ2n) is 6.16. The van der Waals surface area contributed by atoms with Gasteiger partial charge in [0.25, 0.3) is 0 Å². The van der Waals surface area contributed by atoms with Gasteiger partial charge in [-0.15, -0.1) is 0 Å². The van der Waals surface area contributed by atoms with Gasteiger partial charge in [0, 0.05) is 30.8 Å². The zero-order valence-electron chi connectivity index (χ0n) is 14.7. The lowest BCUT2D eigenvalue weighted by atomic mass is 10.0. The highest BCUT2D eigenvalue weighted by atomic mass is 16.3. The molecule has 0 heterocycles. The Labute approximate surface area is 154 Å². The molecule has 0 aliphatic carbocycles. The highest BCUT2D eigenvalue weighted by Gasteiger charge is 2.11. The number of aliphatic hydroxyl groups excluding tert-OH is 1. The molecule has 0 bridgehead atoms. The molecule has 26 heavy (non-hydrogen) atoms. The zero-order valence-corrected chi connectivity index (χ0v) is 14.7. The van der Waals surface area contributed by atoms with E-state index in [0.29, 0.717) is 19.5 Å². The van der Waals surface area contributed by atoms with Crippen molar-refractivity contribution in [2.75, 3.05) is 24.6 Å². The van der Waals surface area contributed by atoms with E-state index in [9.17, 15) is 9.90 Å². The lowest BCUT2D eigenvalue weighted by molar-refractivity contribution is 0.0984. The Morgan fingerprint density at radius 3 is 1.92 bits per heavy atom. The molecule has 0 aliphatic rings. The fraction of sp³-hybridized carbons (Fsp3) is 0.174. The van der Waals surface area contributed by atoms with Crippen LogP contribution in [0.2, 0.25) is 0 Å². The van der Waals surface area contributed by atoms with Crippen LogP contribution in [0.15, 0.2) is 84.9 Å². The number of hydrogen-bond acceptors (Lipinski definition) is 3. The van der Waals surface area contributed by atoms with Gasteiger partial charge in [-0.05, 0) is 23.3 Å². The summed E-state index contributed by atoms with van der Waals surface area (Å²) in [6, 6.07) is 27.8. The maximum Gasteiger partial charge on any atom is 0.164 e. The first-order chi connectivity index (χ1) is 12.8. The van der Waals surface area contributed by atoms with Gasteiger partial charge in [0.05, 0.1) is 6.61 Å². The van der Waals surface area contributed by atoms with Gasteiger partial charge in [-0.2, -0.15) is 0 Å². The third kappa shape index (κ3) is 4.58. The third-order valence-electron chi connectivity index (χ3n) is 4.41. The largest absolute Gasteiger partial charge is 0.395 e. The summed E-state index contributed by atoms with van der Waals surface area (Å²) in [4.78, 5) is 14.6. The van der Waals surface area contributed by atoms with Crippen LogP contribution >= 0.6 is 0 Å². The van der Waals surface area contributed by atoms with Crippen LogP contribution in [0.5, 0.6) is 0 Å². The summed E-state index contributed by atoms with van der Waals surface area (Å²) in [6.45, 7) is 1.17. The molecule has 3 aromatic rings. The van der Waals surface area contributed by atoms with Crippen LogP contribution in [-0.4, -0.2) is 30.6 Å². The number of carbonyl (C=O) groups is 1. The monoisotopic (exact) mass is 345 g/mol. The fourth-order valence-corrected chi connectivity index (χ4v) is 2.99. The molecule has 132 valence electrons. The number of carbonyl (C=O) groups excluding carboxylic acids is 1. The highest BCUT2D eigenvalue weighted by molar-refractivity contribution is 5.96. The second-order valence-corrected chi connectivity index (χ2v) is 6.16. The Kier molecular flexibility index (Phi) is 6.18. The van der Waals surface area contributed by atoms with Crippen molar-refractivity contribution in [3.05, 3.63) is 90.5 Å². The van der Waals surface area contributed by atoms with E-state index < -0.39 is 0 Å². The second kappa shape index (κ2) is 8.97. The van der Waals surface area contributed by atoms with Gasteiger partial charge >= 0.3 is 0 Å². The minimum atomic E-state index is 0.0643. The Balaban J connectivity index is 1.64. The molecule has 3 rings (SSSR count). The Bertz CT molecular complexity index is 814. The molecule has 0 unspecified atom stereocenters. The first-order valence-electron chi connectivity index (χ1n) is 8.87. The molecular formula is C23H23NO2. The average Bonchev–Trinajstić information content (AvgIpc) is 2.72.